The van der Waals surface area contributed by atoms with Crippen LogP contribution in [-0.4, -0.2) is 24.6 Å². The summed E-state index contributed by atoms with van der Waals surface area (Å²) in [5.74, 6) is -0.622. The van der Waals surface area contributed by atoms with Crippen LogP contribution < -0.4 is 4.72 Å². The van der Waals surface area contributed by atoms with Gasteiger partial charge in [-0.05, 0) is 24.6 Å². The average Bonchev–Trinajstić information content (AvgIpc) is 2.85. The molecule has 1 unspecified atom stereocenters. The summed E-state index contributed by atoms with van der Waals surface area (Å²) >= 11 is 1.12. The Labute approximate surface area is 126 Å². The number of anilines is 1. The van der Waals surface area contributed by atoms with Crippen LogP contribution in [0.4, 0.5) is 9.52 Å². The minimum atomic E-state index is -3.86. The lowest BCUT2D eigenvalue weighted by Crippen LogP contribution is -2.13. The molecule has 21 heavy (non-hydrogen) atoms. The maximum atomic E-state index is 13.1. The number of halogens is 1. The van der Waals surface area contributed by atoms with Crippen molar-refractivity contribution < 1.29 is 17.9 Å². The molecule has 114 valence electrons. The number of rotatable bonds is 6. The molecule has 8 heteroatoms. The highest BCUT2D eigenvalue weighted by atomic mass is 32.2. The third kappa shape index (κ3) is 4.23. The van der Waals surface area contributed by atoms with Gasteiger partial charge < -0.3 is 5.11 Å². The SMILES string of the molecule is CCC(O)Cc1csc(NS(=O)(=O)c2cccc(F)c2)n1. The van der Waals surface area contributed by atoms with Crippen LogP contribution in [0.2, 0.25) is 0 Å². The first kappa shape index (κ1) is 15.9. The fourth-order valence-corrected chi connectivity index (χ4v) is 3.65. The Morgan fingerprint density at radius 1 is 1.48 bits per heavy atom. The van der Waals surface area contributed by atoms with E-state index in [1.807, 2.05) is 6.92 Å². The van der Waals surface area contributed by atoms with Crippen molar-refractivity contribution >= 4 is 26.5 Å². The van der Waals surface area contributed by atoms with E-state index < -0.39 is 21.9 Å². The Bertz CT molecular complexity index is 716. The van der Waals surface area contributed by atoms with Crippen LogP contribution >= 0.6 is 11.3 Å². The van der Waals surface area contributed by atoms with Crippen LogP contribution in [0.15, 0.2) is 34.5 Å². The number of hydrogen-bond acceptors (Lipinski definition) is 5. The molecule has 0 fully saturated rings. The van der Waals surface area contributed by atoms with Gasteiger partial charge in [-0.1, -0.05) is 13.0 Å². The summed E-state index contributed by atoms with van der Waals surface area (Å²) in [7, 11) is -3.86. The van der Waals surface area contributed by atoms with Crippen molar-refractivity contribution in [2.45, 2.75) is 30.8 Å². The molecule has 0 saturated carbocycles. The summed E-state index contributed by atoms with van der Waals surface area (Å²) in [6, 6.07) is 4.75. The largest absolute Gasteiger partial charge is 0.393 e. The lowest BCUT2D eigenvalue weighted by molar-refractivity contribution is 0.170. The fraction of sp³-hybridized carbons (Fsp3) is 0.308. The lowest BCUT2D eigenvalue weighted by Gasteiger charge is -2.05. The van der Waals surface area contributed by atoms with E-state index in [1.54, 1.807) is 5.38 Å². The number of aromatic nitrogens is 1. The van der Waals surface area contributed by atoms with Gasteiger partial charge in [0.25, 0.3) is 10.0 Å². The average molecular weight is 330 g/mol. The first-order valence-electron chi connectivity index (χ1n) is 6.31. The standard InChI is InChI=1S/C13H15FN2O3S2/c1-2-11(17)7-10-8-20-13(15-10)16-21(18,19)12-5-3-4-9(14)6-12/h3-6,8,11,17H,2,7H2,1H3,(H,15,16). The van der Waals surface area contributed by atoms with E-state index in [0.29, 0.717) is 18.5 Å². The van der Waals surface area contributed by atoms with Crippen LogP contribution in [0, 0.1) is 5.82 Å². The molecular weight excluding hydrogens is 315 g/mol. The Kier molecular flexibility index (Phi) is 4.92. The van der Waals surface area contributed by atoms with Gasteiger partial charge in [-0.3, -0.25) is 4.72 Å². The number of sulfonamides is 1. The number of aliphatic hydroxyl groups is 1. The molecule has 0 aliphatic carbocycles. The van der Waals surface area contributed by atoms with E-state index in [2.05, 4.69) is 9.71 Å². The Hall–Kier alpha value is -1.51. The van der Waals surface area contributed by atoms with Crippen molar-refractivity contribution in [1.82, 2.24) is 4.98 Å². The maximum absolute atomic E-state index is 13.1. The van der Waals surface area contributed by atoms with Gasteiger partial charge in [0.1, 0.15) is 5.82 Å². The zero-order valence-corrected chi connectivity index (χ0v) is 12.9. The van der Waals surface area contributed by atoms with Crippen molar-refractivity contribution in [3.05, 3.63) is 41.2 Å². The van der Waals surface area contributed by atoms with Gasteiger partial charge in [0, 0.05) is 11.8 Å². The molecule has 0 amide bonds. The fourth-order valence-electron chi connectivity index (χ4n) is 1.64. The van der Waals surface area contributed by atoms with Gasteiger partial charge in [0.15, 0.2) is 5.13 Å². The van der Waals surface area contributed by atoms with Crippen molar-refractivity contribution in [2.24, 2.45) is 0 Å². The molecule has 0 spiro atoms. The van der Waals surface area contributed by atoms with Gasteiger partial charge in [-0.15, -0.1) is 11.3 Å². The first-order chi connectivity index (χ1) is 9.90. The number of benzene rings is 1. The zero-order chi connectivity index (χ0) is 15.5. The summed E-state index contributed by atoms with van der Waals surface area (Å²) < 4.78 is 39.6. The van der Waals surface area contributed by atoms with Crippen molar-refractivity contribution in [2.75, 3.05) is 4.72 Å². The van der Waals surface area contributed by atoms with Crippen LogP contribution in [0.3, 0.4) is 0 Å². The summed E-state index contributed by atoms with van der Waals surface area (Å²) in [5.41, 5.74) is 0.617. The van der Waals surface area contributed by atoms with E-state index >= 15 is 0 Å². The maximum Gasteiger partial charge on any atom is 0.263 e. The molecular formula is C13H15FN2O3S2. The quantitative estimate of drug-likeness (QED) is 0.852. The van der Waals surface area contributed by atoms with E-state index in [0.717, 1.165) is 17.4 Å². The predicted octanol–water partition coefficient (Wildman–Crippen LogP) is 2.40. The zero-order valence-electron chi connectivity index (χ0n) is 11.3. The molecule has 5 nitrogen and oxygen atoms in total. The molecule has 0 aliphatic rings. The normalized spacial score (nSPS) is 13.1. The van der Waals surface area contributed by atoms with Crippen molar-refractivity contribution in [3.8, 4) is 0 Å². The Morgan fingerprint density at radius 3 is 2.90 bits per heavy atom. The highest BCUT2D eigenvalue weighted by Gasteiger charge is 2.17. The van der Waals surface area contributed by atoms with Gasteiger partial charge in [0.05, 0.1) is 16.7 Å². The van der Waals surface area contributed by atoms with E-state index in [-0.39, 0.29) is 10.0 Å². The second kappa shape index (κ2) is 6.50. The molecule has 2 rings (SSSR count). The molecule has 0 radical (unpaired) electrons. The number of thiazole rings is 1. The molecule has 1 aromatic heterocycles. The monoisotopic (exact) mass is 330 g/mol. The number of nitrogens with one attached hydrogen (secondary N) is 1. The summed E-state index contributed by atoms with van der Waals surface area (Å²) in [4.78, 5) is 3.95. The van der Waals surface area contributed by atoms with Crippen molar-refractivity contribution in [1.29, 1.82) is 0 Å². The molecule has 1 atom stereocenters. The summed E-state index contributed by atoms with van der Waals surface area (Å²) in [5, 5.41) is 11.4. The third-order valence-electron chi connectivity index (χ3n) is 2.80. The summed E-state index contributed by atoms with van der Waals surface area (Å²) in [6.07, 6.45) is 0.469. The van der Waals surface area contributed by atoms with E-state index in [9.17, 15) is 17.9 Å². The highest BCUT2D eigenvalue weighted by molar-refractivity contribution is 7.93. The molecule has 0 bridgehead atoms. The predicted molar refractivity (Wildman–Crippen MR) is 79.3 cm³/mol. The van der Waals surface area contributed by atoms with Gasteiger partial charge in [0.2, 0.25) is 0 Å². The number of aliphatic hydroxyl groups excluding tert-OH is 1. The molecule has 2 N–H and O–H groups in total. The molecule has 0 saturated heterocycles. The Morgan fingerprint density at radius 2 is 2.24 bits per heavy atom. The van der Waals surface area contributed by atoms with Crippen LogP contribution in [-0.2, 0) is 16.4 Å². The van der Waals surface area contributed by atoms with Crippen LogP contribution in [0.5, 0.6) is 0 Å². The second-order valence-electron chi connectivity index (χ2n) is 4.47. The van der Waals surface area contributed by atoms with Crippen molar-refractivity contribution in [3.63, 3.8) is 0 Å². The molecule has 1 heterocycles. The molecule has 1 aromatic carbocycles. The highest BCUT2D eigenvalue weighted by Crippen LogP contribution is 2.21. The third-order valence-corrected chi connectivity index (χ3v) is 5.07. The molecule has 2 aromatic rings. The Balaban J connectivity index is 2.14. The molecule has 0 aliphatic heterocycles. The number of nitrogens with zero attached hydrogens (tertiary/aromatic N) is 1. The van der Waals surface area contributed by atoms with Crippen LogP contribution in [0.1, 0.15) is 19.0 Å². The van der Waals surface area contributed by atoms with E-state index in [1.165, 1.54) is 18.2 Å². The number of hydrogen-bond donors (Lipinski definition) is 2. The lowest BCUT2D eigenvalue weighted by atomic mass is 10.2. The van der Waals surface area contributed by atoms with Gasteiger partial charge in [-0.25, -0.2) is 17.8 Å². The smallest absolute Gasteiger partial charge is 0.263 e. The topological polar surface area (TPSA) is 79.3 Å². The van der Waals surface area contributed by atoms with Gasteiger partial charge in [-0.2, -0.15) is 0 Å². The van der Waals surface area contributed by atoms with Gasteiger partial charge >= 0.3 is 0 Å². The van der Waals surface area contributed by atoms with Crippen LogP contribution in [0.25, 0.3) is 0 Å². The minimum Gasteiger partial charge on any atom is -0.393 e. The first-order valence-corrected chi connectivity index (χ1v) is 8.68. The minimum absolute atomic E-state index is 0.159. The summed E-state index contributed by atoms with van der Waals surface area (Å²) in [6.45, 7) is 1.85. The van der Waals surface area contributed by atoms with E-state index in [4.69, 9.17) is 0 Å². The second-order valence-corrected chi connectivity index (χ2v) is 7.01.